The molecule has 0 radical (unpaired) electrons. The number of hydrogen-bond acceptors (Lipinski definition) is 0. The molecule has 0 unspecified atom stereocenters. The maximum atomic E-state index is 5.40. The van der Waals surface area contributed by atoms with Gasteiger partial charge in [-0.15, -0.1) is 0 Å². The van der Waals surface area contributed by atoms with Crippen molar-refractivity contribution in [1.82, 2.24) is 0 Å². The normalized spacial score (nSPS) is 12.0. The number of rotatable bonds is 2. The van der Waals surface area contributed by atoms with E-state index in [2.05, 4.69) is 4.48 Å². The summed E-state index contributed by atoms with van der Waals surface area (Å²) < 4.78 is 3.40. The predicted octanol–water partition coefficient (Wildman–Crippen LogP) is 1.43. The molecule has 0 heterocycles. The van der Waals surface area contributed by atoms with Gasteiger partial charge in [0.2, 0.25) is 0 Å². The Kier molecular flexibility index (Phi) is 5.82. The molecule has 6 heavy (non-hydrogen) atoms. The second-order valence-electron chi connectivity index (χ2n) is 1.18. The molecule has 0 rings (SSSR count). The van der Waals surface area contributed by atoms with Gasteiger partial charge in [0.1, 0.15) is 0 Å². The first kappa shape index (κ1) is 7.50. The fraction of sp³-hybridized carbons (Fsp3) is 1.00. The first-order valence-corrected chi connectivity index (χ1v) is 12.3. The van der Waals surface area contributed by atoms with Crippen molar-refractivity contribution in [2.45, 2.75) is 13.3 Å². The van der Waals surface area contributed by atoms with Crippen molar-refractivity contribution in [3.05, 3.63) is 0 Å². The average molecular weight is 322 g/mol. The van der Waals surface area contributed by atoms with Crippen LogP contribution in [0.1, 0.15) is 0 Å². The summed E-state index contributed by atoms with van der Waals surface area (Å²) in [5, 5.41) is 0. The van der Waals surface area contributed by atoms with Crippen LogP contribution in [0.25, 0.3) is 0 Å². The first-order chi connectivity index (χ1) is 2.77. The van der Waals surface area contributed by atoms with Gasteiger partial charge >= 0.3 is 60.7 Å². The second-order valence-corrected chi connectivity index (χ2v) is 8.59. The summed E-state index contributed by atoms with van der Waals surface area (Å²) in [4.78, 5) is -0.0586. The Morgan fingerprint density at radius 1 is 1.67 bits per heavy atom. The first-order valence-electron chi connectivity index (χ1n) is 2.05. The molecule has 3 heteroatoms. The number of alkyl halides is 2. The Labute approximate surface area is 60.4 Å². The summed E-state index contributed by atoms with van der Waals surface area (Å²) in [6.45, 7) is 0. The van der Waals surface area contributed by atoms with E-state index in [1.54, 1.807) is 0 Å². The van der Waals surface area contributed by atoms with Gasteiger partial charge in [-0.3, -0.25) is 0 Å². The van der Waals surface area contributed by atoms with Crippen molar-refractivity contribution in [3.63, 3.8) is 0 Å². The van der Waals surface area contributed by atoms with E-state index in [4.69, 9.17) is 23.2 Å². The average Bonchev–Trinajstić information content (AvgIpc) is 1.35. The van der Waals surface area contributed by atoms with Gasteiger partial charge in [-0.25, -0.2) is 0 Å². The number of halogens is 2. The molecule has 0 amide bonds. The van der Waals surface area contributed by atoms with Gasteiger partial charge in [-0.2, -0.15) is 0 Å². The molecule has 0 spiro atoms. The summed E-state index contributed by atoms with van der Waals surface area (Å²) in [6, 6.07) is 0. The topological polar surface area (TPSA) is 0 Å². The third-order valence-corrected chi connectivity index (χ3v) is 8.28. The van der Waals surface area contributed by atoms with E-state index in [-0.39, 0.29) is 4.84 Å². The summed E-state index contributed by atoms with van der Waals surface area (Å²) in [7, 11) is 0. The molecule has 0 N–H and O–H groups in total. The van der Waals surface area contributed by atoms with Crippen LogP contribution < -0.4 is 0 Å². The van der Waals surface area contributed by atoms with E-state index in [0.29, 0.717) is 0 Å². The molecule has 0 atom stereocenters. The fourth-order valence-corrected chi connectivity index (χ4v) is 5.74. The Bertz CT molecular complexity index is 30.0. The monoisotopic (exact) mass is 322 g/mol. The van der Waals surface area contributed by atoms with Crippen LogP contribution in [0.5, 0.6) is 0 Å². The van der Waals surface area contributed by atoms with Gasteiger partial charge in [0.15, 0.2) is 0 Å². The molecule has 0 aliphatic heterocycles. The van der Waals surface area contributed by atoms with Crippen LogP contribution in [0.4, 0.5) is 0 Å². The Hall–Kier alpha value is 1.50. The molecule has 0 aromatic carbocycles. The van der Waals surface area contributed by atoms with E-state index < -0.39 is 24.2 Å². The van der Waals surface area contributed by atoms with Crippen molar-refractivity contribution < 1.29 is 0 Å². The molecule has 0 saturated heterocycles. The summed E-state index contributed by atoms with van der Waals surface area (Å²) in [5.41, 5.74) is 0. The van der Waals surface area contributed by atoms with E-state index in [1.807, 2.05) is 0 Å². The summed E-state index contributed by atoms with van der Waals surface area (Å²) >= 11 is 10.3. The Morgan fingerprint density at radius 2 is 2.17 bits per heavy atom. The zero-order valence-electron chi connectivity index (χ0n) is 3.75. The molecule has 0 aliphatic carbocycles. The summed E-state index contributed by atoms with van der Waals surface area (Å²) in [5.74, 6) is 0. The second kappa shape index (κ2) is 4.66. The van der Waals surface area contributed by atoms with E-state index in [0.717, 1.165) is 3.98 Å². The van der Waals surface area contributed by atoms with Gasteiger partial charge < -0.3 is 0 Å². The van der Waals surface area contributed by atoms with Gasteiger partial charge in [0.25, 0.3) is 0 Å². The molecule has 0 aromatic rings. The number of hydrogen-bond donors (Lipinski definition) is 0. The van der Waals surface area contributed by atoms with E-state index in [1.165, 1.54) is 0 Å². The van der Waals surface area contributed by atoms with Crippen molar-refractivity contribution in [3.8, 4) is 0 Å². The molecule has 0 nitrogen and oxygen atoms in total. The fourth-order valence-electron chi connectivity index (χ4n) is 0.218. The minimum absolute atomic E-state index is 0.0586. The predicted molar refractivity (Wildman–Crippen MR) is 34.7 cm³/mol. The zero-order valence-corrected chi connectivity index (χ0v) is 10.8. The van der Waals surface area contributed by atoms with Crippen LogP contribution >= 0.6 is 23.2 Å². The van der Waals surface area contributed by atoms with Crippen molar-refractivity contribution >= 4 is 47.4 Å². The molecular formula is C3H8Cl2Pb. The molecule has 0 aliphatic rings. The Morgan fingerprint density at radius 3 is 2.17 bits per heavy atom. The van der Waals surface area contributed by atoms with E-state index in [9.17, 15) is 0 Å². The van der Waals surface area contributed by atoms with Crippen LogP contribution in [0.3, 0.4) is 0 Å². The zero-order chi connectivity index (χ0) is 4.99. The Balaban J connectivity index is 2.63. The third-order valence-electron chi connectivity index (χ3n) is 0.507. The van der Waals surface area contributed by atoms with Crippen LogP contribution in [0, 0.1) is 0 Å². The van der Waals surface area contributed by atoms with Crippen LogP contribution in [0.2, 0.25) is 8.46 Å². The maximum absolute atomic E-state index is 5.40. The molecule has 0 bridgehead atoms. The summed E-state index contributed by atoms with van der Waals surface area (Å²) in [6.07, 6.45) is 0. The van der Waals surface area contributed by atoms with Crippen LogP contribution in [0.15, 0.2) is 0 Å². The van der Waals surface area contributed by atoms with E-state index >= 15 is 0 Å². The standard InChI is InChI=1S/C2H3Cl2.CH3.Pb.2H/c1-2(3)4;;;;/h2H,1H2;1H3;;;. The van der Waals surface area contributed by atoms with Crippen molar-refractivity contribution in [2.24, 2.45) is 0 Å². The van der Waals surface area contributed by atoms with Gasteiger partial charge in [0, 0.05) is 0 Å². The molecule has 0 aromatic heterocycles. The van der Waals surface area contributed by atoms with Crippen molar-refractivity contribution in [2.75, 3.05) is 0 Å². The van der Waals surface area contributed by atoms with Gasteiger partial charge in [-0.1, -0.05) is 0 Å². The molecular weight excluding hydrogens is 314 g/mol. The quantitative estimate of drug-likeness (QED) is 0.533. The third kappa shape index (κ3) is 5.50. The van der Waals surface area contributed by atoms with Crippen LogP contribution in [-0.4, -0.2) is 29.1 Å². The minimum atomic E-state index is -0.476. The van der Waals surface area contributed by atoms with Gasteiger partial charge in [0.05, 0.1) is 0 Å². The van der Waals surface area contributed by atoms with Crippen molar-refractivity contribution in [1.29, 1.82) is 0 Å². The van der Waals surface area contributed by atoms with Crippen LogP contribution in [-0.2, 0) is 0 Å². The SMILES string of the molecule is [CH3][PbH2][CH2]C(Cl)Cl. The molecule has 0 saturated carbocycles. The molecule has 38 valence electrons. The molecule has 0 fully saturated rings. The van der Waals surface area contributed by atoms with Gasteiger partial charge in [-0.05, 0) is 0 Å².